The van der Waals surface area contributed by atoms with E-state index in [0.29, 0.717) is 12.8 Å². The van der Waals surface area contributed by atoms with Crippen molar-refractivity contribution in [3.8, 4) is 0 Å². The average molecular weight is 232 g/mol. The van der Waals surface area contributed by atoms with E-state index in [9.17, 15) is 9.90 Å². The maximum Gasteiger partial charge on any atom is 0.307 e. The Morgan fingerprint density at radius 3 is 2.65 bits per heavy atom. The summed E-state index contributed by atoms with van der Waals surface area (Å²) in [5.41, 5.74) is 3.44. The minimum atomic E-state index is -0.719. The molecule has 1 N–H and O–H groups in total. The van der Waals surface area contributed by atoms with Gasteiger partial charge in [-0.3, -0.25) is 4.79 Å². The van der Waals surface area contributed by atoms with Crippen LogP contribution in [-0.4, -0.2) is 11.1 Å². The van der Waals surface area contributed by atoms with Crippen molar-refractivity contribution in [2.45, 2.75) is 33.6 Å². The van der Waals surface area contributed by atoms with Gasteiger partial charge in [-0.1, -0.05) is 41.5 Å². The molecule has 0 spiro atoms. The van der Waals surface area contributed by atoms with Gasteiger partial charge in [0.2, 0.25) is 0 Å². The van der Waals surface area contributed by atoms with E-state index < -0.39 is 5.97 Å². The molecule has 1 unspecified atom stereocenters. The van der Waals surface area contributed by atoms with E-state index >= 15 is 0 Å². The van der Waals surface area contributed by atoms with Crippen molar-refractivity contribution in [3.63, 3.8) is 0 Å². The fourth-order valence-corrected chi connectivity index (χ4v) is 1.77. The zero-order valence-electron chi connectivity index (χ0n) is 10.7. The highest BCUT2D eigenvalue weighted by molar-refractivity contribution is 5.70. The molecule has 0 aromatic heterocycles. The van der Waals surface area contributed by atoms with Crippen LogP contribution in [0.5, 0.6) is 0 Å². The lowest BCUT2D eigenvalue weighted by Gasteiger charge is -2.11. The van der Waals surface area contributed by atoms with Crippen LogP contribution < -0.4 is 0 Å². The fourth-order valence-electron chi connectivity index (χ4n) is 1.77. The number of carboxylic acid groups (broad SMARTS) is 1. The van der Waals surface area contributed by atoms with Crippen LogP contribution in [0.4, 0.5) is 0 Å². The van der Waals surface area contributed by atoms with Gasteiger partial charge in [0.25, 0.3) is 0 Å². The third-order valence-electron chi connectivity index (χ3n) is 2.72. The quantitative estimate of drug-likeness (QED) is 0.788. The Kier molecular flexibility index (Phi) is 4.95. The van der Waals surface area contributed by atoms with Crippen molar-refractivity contribution in [1.82, 2.24) is 0 Å². The third-order valence-corrected chi connectivity index (χ3v) is 2.72. The lowest BCUT2D eigenvalue weighted by Crippen LogP contribution is -2.15. The van der Waals surface area contributed by atoms with Gasteiger partial charge in [0, 0.05) is 0 Å². The van der Waals surface area contributed by atoms with Crippen LogP contribution in [0.15, 0.2) is 35.9 Å². The maximum atomic E-state index is 11.2. The molecular weight excluding hydrogens is 212 g/mol. The highest BCUT2D eigenvalue weighted by Crippen LogP contribution is 2.15. The zero-order chi connectivity index (χ0) is 12.8. The molecule has 0 bridgehead atoms. The lowest BCUT2D eigenvalue weighted by atomic mass is 9.95. The van der Waals surface area contributed by atoms with E-state index in [1.807, 2.05) is 45.0 Å². The Hall–Kier alpha value is -1.57. The summed E-state index contributed by atoms with van der Waals surface area (Å²) in [6.07, 6.45) is 3.20. The smallest absolute Gasteiger partial charge is 0.307 e. The zero-order valence-corrected chi connectivity index (χ0v) is 10.7. The molecule has 0 heterocycles. The van der Waals surface area contributed by atoms with Crippen LogP contribution in [-0.2, 0) is 11.2 Å². The molecule has 1 aromatic rings. The summed E-state index contributed by atoms with van der Waals surface area (Å²) in [6.45, 7) is 6.01. The summed E-state index contributed by atoms with van der Waals surface area (Å²) >= 11 is 0. The summed E-state index contributed by atoms with van der Waals surface area (Å²) in [7, 11) is 0. The van der Waals surface area contributed by atoms with Gasteiger partial charge in [0.1, 0.15) is 0 Å². The number of allylic oxidation sites excluding steroid dienone is 2. The number of rotatable bonds is 5. The van der Waals surface area contributed by atoms with E-state index in [2.05, 4.69) is 6.07 Å². The van der Waals surface area contributed by atoms with E-state index in [4.69, 9.17) is 0 Å². The molecule has 0 aliphatic carbocycles. The van der Waals surface area contributed by atoms with Crippen molar-refractivity contribution in [3.05, 3.63) is 47.0 Å². The Balaban J connectivity index is 2.73. The van der Waals surface area contributed by atoms with Gasteiger partial charge in [-0.2, -0.15) is 0 Å². The number of benzene rings is 1. The number of hydrogen-bond acceptors (Lipinski definition) is 1. The number of hydrogen-bond donors (Lipinski definition) is 1. The van der Waals surface area contributed by atoms with Crippen LogP contribution in [0.1, 0.15) is 31.4 Å². The van der Waals surface area contributed by atoms with Crippen molar-refractivity contribution in [2.75, 3.05) is 0 Å². The Morgan fingerprint density at radius 2 is 2.12 bits per heavy atom. The molecule has 0 fully saturated rings. The molecule has 2 nitrogen and oxygen atoms in total. The van der Waals surface area contributed by atoms with Crippen LogP contribution >= 0.6 is 0 Å². The van der Waals surface area contributed by atoms with Gasteiger partial charge >= 0.3 is 5.97 Å². The molecule has 1 rings (SSSR count). The van der Waals surface area contributed by atoms with Gasteiger partial charge in [-0.25, -0.2) is 0 Å². The monoisotopic (exact) mass is 232 g/mol. The summed E-state index contributed by atoms with van der Waals surface area (Å²) < 4.78 is 0. The van der Waals surface area contributed by atoms with E-state index in [0.717, 1.165) is 5.56 Å². The van der Waals surface area contributed by atoms with Crippen LogP contribution in [0.2, 0.25) is 0 Å². The Morgan fingerprint density at radius 1 is 1.41 bits per heavy atom. The molecule has 1 atom stereocenters. The number of aryl methyl sites for hydroxylation is 1. The van der Waals surface area contributed by atoms with Crippen LogP contribution in [0.3, 0.4) is 0 Å². The highest BCUT2D eigenvalue weighted by Gasteiger charge is 2.16. The number of aliphatic carboxylic acids is 1. The number of carboxylic acids is 1. The van der Waals surface area contributed by atoms with Gasteiger partial charge in [-0.15, -0.1) is 0 Å². The molecule has 0 aliphatic heterocycles. The van der Waals surface area contributed by atoms with Gasteiger partial charge in [0.05, 0.1) is 5.92 Å². The summed E-state index contributed by atoms with van der Waals surface area (Å²) in [5, 5.41) is 9.19. The predicted octanol–water partition coefficient (Wildman–Crippen LogP) is 3.59. The van der Waals surface area contributed by atoms with Crippen molar-refractivity contribution in [2.24, 2.45) is 5.92 Å². The molecular formula is C15H20O2. The highest BCUT2D eigenvalue weighted by atomic mass is 16.4. The van der Waals surface area contributed by atoms with Crippen molar-refractivity contribution < 1.29 is 9.90 Å². The van der Waals surface area contributed by atoms with Gasteiger partial charge in [0.15, 0.2) is 0 Å². The van der Waals surface area contributed by atoms with E-state index in [1.165, 1.54) is 11.1 Å². The molecule has 0 aliphatic rings. The third kappa shape index (κ3) is 4.85. The normalized spacial score (nSPS) is 11.9. The molecule has 0 saturated carbocycles. The molecule has 2 heteroatoms. The molecule has 1 aromatic carbocycles. The largest absolute Gasteiger partial charge is 0.481 e. The molecule has 0 saturated heterocycles. The number of carbonyl (C=O) groups is 1. The van der Waals surface area contributed by atoms with Gasteiger partial charge in [-0.05, 0) is 39.2 Å². The summed E-state index contributed by atoms with van der Waals surface area (Å²) in [5.74, 6) is -1.05. The topological polar surface area (TPSA) is 37.3 Å². The van der Waals surface area contributed by atoms with Crippen LogP contribution in [0, 0.1) is 12.8 Å². The standard InChI is InChI=1S/C15H20O2/c1-11(2)7-8-14(15(16)17)10-13-6-4-5-12(3)9-13/h4-7,9,14H,8,10H2,1-3H3,(H,16,17). The summed E-state index contributed by atoms with van der Waals surface area (Å²) in [6, 6.07) is 8.05. The average Bonchev–Trinajstić information content (AvgIpc) is 2.23. The first-order valence-corrected chi connectivity index (χ1v) is 5.90. The molecule has 17 heavy (non-hydrogen) atoms. The summed E-state index contributed by atoms with van der Waals surface area (Å²) in [4.78, 5) is 11.2. The SMILES string of the molecule is CC(C)=CCC(Cc1cccc(C)c1)C(=O)O. The van der Waals surface area contributed by atoms with Gasteiger partial charge < -0.3 is 5.11 Å². The minimum absolute atomic E-state index is 0.327. The van der Waals surface area contributed by atoms with E-state index in [-0.39, 0.29) is 5.92 Å². The van der Waals surface area contributed by atoms with E-state index in [1.54, 1.807) is 0 Å². The maximum absolute atomic E-state index is 11.2. The first-order valence-electron chi connectivity index (χ1n) is 5.90. The molecule has 92 valence electrons. The predicted molar refractivity (Wildman–Crippen MR) is 70.1 cm³/mol. The second-order valence-electron chi connectivity index (χ2n) is 4.75. The van der Waals surface area contributed by atoms with Crippen LogP contribution in [0.25, 0.3) is 0 Å². The first kappa shape index (κ1) is 13.5. The van der Waals surface area contributed by atoms with Crippen molar-refractivity contribution >= 4 is 5.97 Å². The molecule has 0 radical (unpaired) electrons. The second-order valence-corrected chi connectivity index (χ2v) is 4.75. The minimum Gasteiger partial charge on any atom is -0.481 e. The Bertz CT molecular complexity index is 415. The fraction of sp³-hybridized carbons (Fsp3) is 0.400. The first-order chi connectivity index (χ1) is 7.99. The second kappa shape index (κ2) is 6.24. The van der Waals surface area contributed by atoms with Crippen molar-refractivity contribution in [1.29, 1.82) is 0 Å². The molecule has 0 amide bonds. The lowest BCUT2D eigenvalue weighted by molar-refractivity contribution is -0.141. The Labute approximate surface area is 103 Å².